The van der Waals surface area contributed by atoms with Gasteiger partial charge >= 0.3 is 0 Å². The summed E-state index contributed by atoms with van der Waals surface area (Å²) in [5.74, 6) is -0.157. The van der Waals surface area contributed by atoms with Crippen LogP contribution >= 0.6 is 0 Å². The zero-order valence-electron chi connectivity index (χ0n) is 13.2. The summed E-state index contributed by atoms with van der Waals surface area (Å²) in [6.07, 6.45) is 8.03. The normalized spacial score (nSPS) is 16.2. The van der Waals surface area contributed by atoms with Crippen molar-refractivity contribution in [2.24, 2.45) is 0 Å². The molecule has 3 rings (SSSR count). The zero-order chi connectivity index (χ0) is 15.9. The number of hydrogen-bond acceptors (Lipinski definition) is 4. The van der Waals surface area contributed by atoms with Crippen molar-refractivity contribution in [1.29, 1.82) is 0 Å². The number of carbonyl (C=O) groups excluding carboxylic acids is 1. The smallest absolute Gasteiger partial charge is 0.271 e. The Hall–Kier alpha value is -2.27. The first-order valence-corrected chi connectivity index (χ1v) is 8.15. The van der Waals surface area contributed by atoms with Crippen molar-refractivity contribution in [2.45, 2.75) is 25.3 Å². The number of carbonyl (C=O) groups is 1. The predicted octanol–water partition coefficient (Wildman–Crippen LogP) is 1.91. The second-order valence-corrected chi connectivity index (χ2v) is 5.89. The first-order valence-electron chi connectivity index (χ1n) is 8.15. The summed E-state index contributed by atoms with van der Waals surface area (Å²) in [5.41, 5.74) is 1.67. The van der Waals surface area contributed by atoms with Crippen LogP contribution in [0.25, 0.3) is 0 Å². The molecule has 1 atom stereocenters. The molecule has 1 aliphatic rings. The highest BCUT2D eigenvalue weighted by Crippen LogP contribution is 2.15. The molecule has 0 saturated carbocycles. The quantitative estimate of drug-likeness (QED) is 0.885. The fraction of sp³-hybridized carbons (Fsp3) is 0.389. The minimum atomic E-state index is -0.157. The molecule has 1 amide bonds. The fourth-order valence-electron chi connectivity index (χ4n) is 3.04. The zero-order valence-corrected chi connectivity index (χ0v) is 13.2. The van der Waals surface area contributed by atoms with Crippen molar-refractivity contribution in [2.75, 3.05) is 19.6 Å². The highest BCUT2D eigenvalue weighted by atomic mass is 16.1. The van der Waals surface area contributed by atoms with E-state index in [1.165, 1.54) is 30.8 Å². The predicted molar refractivity (Wildman–Crippen MR) is 89.1 cm³/mol. The van der Waals surface area contributed by atoms with Gasteiger partial charge < -0.3 is 5.32 Å². The molecule has 1 aromatic carbocycles. The number of rotatable bonds is 6. The van der Waals surface area contributed by atoms with Crippen LogP contribution in [0.2, 0.25) is 0 Å². The highest BCUT2D eigenvalue weighted by molar-refractivity contribution is 5.91. The summed E-state index contributed by atoms with van der Waals surface area (Å²) in [4.78, 5) is 22.7. The third-order valence-electron chi connectivity index (χ3n) is 4.27. The van der Waals surface area contributed by atoms with Crippen LogP contribution in [0.3, 0.4) is 0 Å². The van der Waals surface area contributed by atoms with Gasteiger partial charge in [0.2, 0.25) is 0 Å². The first kappa shape index (κ1) is 15.6. The van der Waals surface area contributed by atoms with E-state index in [0.717, 1.165) is 19.5 Å². The lowest BCUT2D eigenvalue weighted by Crippen LogP contribution is -2.44. The lowest BCUT2D eigenvalue weighted by atomic mass is 10.0. The second-order valence-electron chi connectivity index (χ2n) is 5.89. The average molecular weight is 310 g/mol. The summed E-state index contributed by atoms with van der Waals surface area (Å²) in [6, 6.07) is 10.8. The molecule has 1 unspecified atom stereocenters. The average Bonchev–Trinajstić information content (AvgIpc) is 3.14. The molecule has 0 radical (unpaired) electrons. The molecule has 120 valence electrons. The Morgan fingerprint density at radius 3 is 2.65 bits per heavy atom. The molecule has 1 N–H and O–H groups in total. The van der Waals surface area contributed by atoms with E-state index < -0.39 is 0 Å². The summed E-state index contributed by atoms with van der Waals surface area (Å²) < 4.78 is 0. The Kier molecular flexibility index (Phi) is 5.32. The van der Waals surface area contributed by atoms with Crippen LogP contribution in [0.15, 0.2) is 48.9 Å². The molecule has 0 bridgehead atoms. The van der Waals surface area contributed by atoms with E-state index in [9.17, 15) is 4.79 Å². The molecule has 2 heterocycles. The van der Waals surface area contributed by atoms with Gasteiger partial charge in [0.15, 0.2) is 0 Å². The third-order valence-corrected chi connectivity index (χ3v) is 4.27. The van der Waals surface area contributed by atoms with Crippen LogP contribution in [0.5, 0.6) is 0 Å². The van der Waals surface area contributed by atoms with E-state index >= 15 is 0 Å². The van der Waals surface area contributed by atoms with Crippen LogP contribution in [-0.4, -0.2) is 46.5 Å². The van der Waals surface area contributed by atoms with Gasteiger partial charge in [0.05, 0.1) is 6.20 Å². The van der Waals surface area contributed by atoms with E-state index in [-0.39, 0.29) is 5.91 Å². The standard InChI is InChI=1S/C18H22N4O/c23-18(17-14-19-8-9-20-17)21-13-16(22-10-4-5-11-22)12-15-6-2-1-3-7-15/h1-3,6-9,14,16H,4-5,10-13H2,(H,21,23). The summed E-state index contributed by atoms with van der Waals surface area (Å²) in [7, 11) is 0. The van der Waals surface area contributed by atoms with E-state index in [1.807, 2.05) is 6.07 Å². The molecule has 23 heavy (non-hydrogen) atoms. The van der Waals surface area contributed by atoms with Gasteiger partial charge in [0.1, 0.15) is 5.69 Å². The maximum atomic E-state index is 12.2. The summed E-state index contributed by atoms with van der Waals surface area (Å²) in [6.45, 7) is 2.85. The van der Waals surface area contributed by atoms with Gasteiger partial charge in [-0.15, -0.1) is 0 Å². The van der Waals surface area contributed by atoms with Crippen molar-refractivity contribution in [3.63, 3.8) is 0 Å². The molecule has 0 spiro atoms. The SMILES string of the molecule is O=C(NCC(Cc1ccccc1)N1CCCC1)c1cnccn1. The molecule has 5 nitrogen and oxygen atoms in total. The summed E-state index contributed by atoms with van der Waals surface area (Å²) >= 11 is 0. The number of aromatic nitrogens is 2. The molecule has 0 aliphatic carbocycles. The van der Waals surface area contributed by atoms with Crippen LogP contribution in [0.4, 0.5) is 0 Å². The van der Waals surface area contributed by atoms with Gasteiger partial charge in [0.25, 0.3) is 5.91 Å². The number of amides is 1. The first-order chi connectivity index (χ1) is 11.3. The van der Waals surface area contributed by atoms with Crippen molar-refractivity contribution in [1.82, 2.24) is 20.2 Å². The van der Waals surface area contributed by atoms with E-state index in [1.54, 1.807) is 6.20 Å². The van der Waals surface area contributed by atoms with Crippen LogP contribution in [-0.2, 0) is 6.42 Å². The largest absolute Gasteiger partial charge is 0.349 e. The topological polar surface area (TPSA) is 58.1 Å². The molecule has 5 heteroatoms. The Bertz CT molecular complexity index is 611. The minimum absolute atomic E-state index is 0.157. The van der Waals surface area contributed by atoms with Gasteiger partial charge in [-0.25, -0.2) is 4.98 Å². The maximum absolute atomic E-state index is 12.2. The number of nitrogens with zero attached hydrogens (tertiary/aromatic N) is 3. The number of hydrogen-bond donors (Lipinski definition) is 1. The van der Waals surface area contributed by atoms with Gasteiger partial charge in [-0.2, -0.15) is 0 Å². The fourth-order valence-corrected chi connectivity index (χ4v) is 3.04. The number of likely N-dealkylation sites (tertiary alicyclic amines) is 1. The minimum Gasteiger partial charge on any atom is -0.349 e. The monoisotopic (exact) mass is 310 g/mol. The number of nitrogens with one attached hydrogen (secondary N) is 1. The van der Waals surface area contributed by atoms with Gasteiger partial charge in [-0.1, -0.05) is 30.3 Å². The molecule has 1 fully saturated rings. The molecule has 1 aromatic heterocycles. The molecular formula is C18H22N4O. The van der Waals surface area contributed by atoms with Gasteiger partial charge in [-0.3, -0.25) is 14.7 Å². The van der Waals surface area contributed by atoms with E-state index in [2.05, 4.69) is 44.5 Å². The Morgan fingerprint density at radius 1 is 1.17 bits per heavy atom. The van der Waals surface area contributed by atoms with Crippen LogP contribution in [0, 0.1) is 0 Å². The Labute approximate surface area is 136 Å². The van der Waals surface area contributed by atoms with Crippen molar-refractivity contribution in [3.8, 4) is 0 Å². The lowest BCUT2D eigenvalue weighted by molar-refractivity contribution is 0.0932. The second kappa shape index (κ2) is 7.83. The van der Waals surface area contributed by atoms with Crippen molar-refractivity contribution < 1.29 is 4.79 Å². The summed E-state index contributed by atoms with van der Waals surface area (Å²) in [5, 5.41) is 3.01. The maximum Gasteiger partial charge on any atom is 0.271 e. The van der Waals surface area contributed by atoms with Gasteiger partial charge in [-0.05, 0) is 37.9 Å². The van der Waals surface area contributed by atoms with Crippen LogP contribution < -0.4 is 5.32 Å². The third kappa shape index (κ3) is 4.36. The molecule has 1 saturated heterocycles. The van der Waals surface area contributed by atoms with Crippen molar-refractivity contribution in [3.05, 3.63) is 60.2 Å². The van der Waals surface area contributed by atoms with Gasteiger partial charge in [0, 0.05) is 25.0 Å². The molecule has 2 aromatic rings. The lowest BCUT2D eigenvalue weighted by Gasteiger charge is -2.28. The molecule has 1 aliphatic heterocycles. The number of benzene rings is 1. The van der Waals surface area contributed by atoms with Crippen molar-refractivity contribution >= 4 is 5.91 Å². The van der Waals surface area contributed by atoms with Crippen LogP contribution in [0.1, 0.15) is 28.9 Å². The Balaban J connectivity index is 1.63. The Morgan fingerprint density at radius 2 is 1.96 bits per heavy atom. The van der Waals surface area contributed by atoms with E-state index in [0.29, 0.717) is 18.3 Å². The highest BCUT2D eigenvalue weighted by Gasteiger charge is 2.23. The van der Waals surface area contributed by atoms with E-state index in [4.69, 9.17) is 0 Å². The molecular weight excluding hydrogens is 288 g/mol.